The summed E-state index contributed by atoms with van der Waals surface area (Å²) in [6.07, 6.45) is 0. The number of carbonyl (C=O) groups is 2. The minimum atomic E-state index is -1.14. The summed E-state index contributed by atoms with van der Waals surface area (Å²) < 4.78 is 0. The highest BCUT2D eigenvalue weighted by Gasteiger charge is 2.24. The molecule has 1 aromatic rings. The van der Waals surface area contributed by atoms with Crippen LogP contribution in [0.2, 0.25) is 0 Å². The smallest absolute Gasteiger partial charge is 0.356 e. The number of likely N-dealkylation sites (N-methyl/N-ethyl adjacent to an activating group) is 1. The van der Waals surface area contributed by atoms with Crippen LogP contribution in [0.1, 0.15) is 27.1 Å². The van der Waals surface area contributed by atoms with E-state index in [9.17, 15) is 9.59 Å². The van der Waals surface area contributed by atoms with E-state index in [0.29, 0.717) is 5.13 Å². The van der Waals surface area contributed by atoms with Crippen molar-refractivity contribution in [2.24, 2.45) is 0 Å². The van der Waals surface area contributed by atoms with Crippen LogP contribution in [-0.2, 0) is 0 Å². The van der Waals surface area contributed by atoms with Crippen molar-refractivity contribution in [2.45, 2.75) is 6.92 Å². The number of aromatic carboxylic acids is 1. The number of thiazole rings is 1. The fraction of sp³-hybridized carbons (Fsp3) is 0.545. The minimum Gasteiger partial charge on any atom is -0.476 e. The molecule has 0 spiro atoms. The summed E-state index contributed by atoms with van der Waals surface area (Å²) >= 11 is 1.17. The van der Waals surface area contributed by atoms with Crippen molar-refractivity contribution in [3.05, 3.63) is 10.6 Å². The van der Waals surface area contributed by atoms with Crippen LogP contribution in [0.15, 0.2) is 0 Å². The standard InChI is InChI=1S/C11H15N3O3S/c1-7(15)9-8(10(16)17)12-11(18-9)14-5-3-13(2)4-6-14/h3-6H2,1-2H3,(H,16,17). The number of carbonyl (C=O) groups excluding carboxylic acids is 1. The zero-order valence-corrected chi connectivity index (χ0v) is 11.2. The van der Waals surface area contributed by atoms with Gasteiger partial charge in [0.2, 0.25) is 0 Å². The van der Waals surface area contributed by atoms with E-state index >= 15 is 0 Å². The number of aromatic nitrogens is 1. The predicted octanol–water partition coefficient (Wildman–Crippen LogP) is 0.796. The second-order valence-corrected chi connectivity index (χ2v) is 5.30. The number of piperazine rings is 1. The highest BCUT2D eigenvalue weighted by Crippen LogP contribution is 2.27. The molecule has 0 aliphatic carbocycles. The summed E-state index contributed by atoms with van der Waals surface area (Å²) in [7, 11) is 2.04. The van der Waals surface area contributed by atoms with Crippen molar-refractivity contribution in [1.29, 1.82) is 0 Å². The zero-order valence-electron chi connectivity index (χ0n) is 10.3. The van der Waals surface area contributed by atoms with E-state index in [0.717, 1.165) is 26.2 Å². The summed E-state index contributed by atoms with van der Waals surface area (Å²) in [5.41, 5.74) is -0.124. The Balaban J connectivity index is 2.26. The Morgan fingerprint density at radius 3 is 2.33 bits per heavy atom. The maximum atomic E-state index is 11.4. The molecule has 2 heterocycles. The van der Waals surface area contributed by atoms with E-state index in [4.69, 9.17) is 5.11 Å². The van der Waals surface area contributed by atoms with Crippen LogP contribution in [0, 0.1) is 0 Å². The normalized spacial score (nSPS) is 16.9. The highest BCUT2D eigenvalue weighted by molar-refractivity contribution is 7.17. The average Bonchev–Trinajstić information content (AvgIpc) is 2.75. The molecule has 1 fully saturated rings. The van der Waals surface area contributed by atoms with Crippen LogP contribution in [0.3, 0.4) is 0 Å². The molecule has 0 saturated carbocycles. The lowest BCUT2D eigenvalue weighted by molar-refractivity contribution is 0.0687. The average molecular weight is 269 g/mol. The first-order valence-corrected chi connectivity index (χ1v) is 6.49. The maximum Gasteiger partial charge on any atom is 0.356 e. The van der Waals surface area contributed by atoms with Crippen LogP contribution in [-0.4, -0.2) is 60.0 Å². The predicted molar refractivity (Wildman–Crippen MR) is 68.8 cm³/mol. The molecule has 7 heteroatoms. The van der Waals surface area contributed by atoms with Crippen molar-refractivity contribution in [1.82, 2.24) is 9.88 Å². The van der Waals surface area contributed by atoms with Crippen LogP contribution in [0.25, 0.3) is 0 Å². The van der Waals surface area contributed by atoms with Gasteiger partial charge in [0.25, 0.3) is 0 Å². The molecular weight excluding hydrogens is 254 g/mol. The van der Waals surface area contributed by atoms with Gasteiger partial charge >= 0.3 is 5.97 Å². The number of carboxylic acids is 1. The van der Waals surface area contributed by atoms with Crippen molar-refractivity contribution >= 4 is 28.2 Å². The van der Waals surface area contributed by atoms with E-state index in [1.54, 1.807) is 0 Å². The molecule has 2 rings (SSSR count). The van der Waals surface area contributed by atoms with Gasteiger partial charge in [0.05, 0.1) is 0 Å². The van der Waals surface area contributed by atoms with Gasteiger partial charge in [0, 0.05) is 33.1 Å². The number of rotatable bonds is 3. The fourth-order valence-electron chi connectivity index (χ4n) is 1.83. The summed E-state index contributed by atoms with van der Waals surface area (Å²) in [5.74, 6) is -1.39. The molecule has 0 unspecified atom stereocenters. The van der Waals surface area contributed by atoms with Gasteiger partial charge in [-0.15, -0.1) is 0 Å². The minimum absolute atomic E-state index is 0.124. The Morgan fingerprint density at radius 1 is 1.28 bits per heavy atom. The molecule has 0 aromatic carbocycles. The molecule has 6 nitrogen and oxygen atoms in total. The SMILES string of the molecule is CC(=O)c1sc(N2CCN(C)CC2)nc1C(=O)O. The van der Waals surface area contributed by atoms with Gasteiger partial charge in [-0.25, -0.2) is 9.78 Å². The lowest BCUT2D eigenvalue weighted by Gasteiger charge is -2.32. The number of Topliss-reactive ketones (excluding diaryl/α,β-unsaturated/α-hetero) is 1. The number of nitrogens with zero attached hydrogens (tertiary/aromatic N) is 3. The summed E-state index contributed by atoms with van der Waals surface area (Å²) in [4.78, 5) is 31.0. The van der Waals surface area contributed by atoms with Crippen molar-refractivity contribution in [2.75, 3.05) is 38.1 Å². The zero-order chi connectivity index (χ0) is 13.3. The van der Waals surface area contributed by atoms with Gasteiger partial charge in [-0.1, -0.05) is 11.3 Å². The van der Waals surface area contributed by atoms with Crippen LogP contribution in [0.5, 0.6) is 0 Å². The molecule has 1 N–H and O–H groups in total. The van der Waals surface area contributed by atoms with E-state index in [1.807, 2.05) is 11.9 Å². The second kappa shape index (κ2) is 5.03. The second-order valence-electron chi connectivity index (χ2n) is 4.33. The van der Waals surface area contributed by atoms with Gasteiger partial charge in [-0.3, -0.25) is 4.79 Å². The molecule has 0 atom stereocenters. The molecule has 1 saturated heterocycles. The summed E-state index contributed by atoms with van der Waals surface area (Å²) in [5, 5.41) is 9.66. The molecule has 18 heavy (non-hydrogen) atoms. The van der Waals surface area contributed by atoms with Crippen molar-refractivity contribution in [3.63, 3.8) is 0 Å². The van der Waals surface area contributed by atoms with Gasteiger partial charge in [0.1, 0.15) is 4.88 Å². The molecule has 0 amide bonds. The third-order valence-corrected chi connectivity index (χ3v) is 4.13. The van der Waals surface area contributed by atoms with E-state index in [1.165, 1.54) is 18.3 Å². The van der Waals surface area contributed by atoms with E-state index < -0.39 is 5.97 Å². The number of hydrogen-bond acceptors (Lipinski definition) is 6. The lowest BCUT2D eigenvalue weighted by Crippen LogP contribution is -2.44. The first kappa shape index (κ1) is 13.0. The lowest BCUT2D eigenvalue weighted by atomic mass is 10.3. The molecule has 1 aliphatic rings. The van der Waals surface area contributed by atoms with Gasteiger partial charge in [0.15, 0.2) is 16.6 Å². The maximum absolute atomic E-state index is 11.4. The Labute approximate surface area is 109 Å². The van der Waals surface area contributed by atoms with Gasteiger partial charge in [-0.2, -0.15) is 0 Å². The first-order valence-electron chi connectivity index (χ1n) is 5.67. The molecule has 0 radical (unpaired) electrons. The van der Waals surface area contributed by atoms with E-state index in [2.05, 4.69) is 9.88 Å². The molecule has 98 valence electrons. The Kier molecular flexibility index (Phi) is 3.63. The topological polar surface area (TPSA) is 73.7 Å². The van der Waals surface area contributed by atoms with E-state index in [-0.39, 0.29) is 16.4 Å². The Bertz CT molecular complexity index is 446. The number of ketones is 1. The van der Waals surface area contributed by atoms with Crippen LogP contribution < -0.4 is 4.90 Å². The van der Waals surface area contributed by atoms with Crippen molar-refractivity contribution < 1.29 is 14.7 Å². The molecular formula is C11H15N3O3S. The fourth-order valence-corrected chi connectivity index (χ4v) is 2.83. The third kappa shape index (κ3) is 2.51. The third-order valence-electron chi connectivity index (χ3n) is 2.91. The number of anilines is 1. The highest BCUT2D eigenvalue weighted by atomic mass is 32.1. The first-order chi connectivity index (χ1) is 8.49. The Hall–Kier alpha value is -1.47. The summed E-state index contributed by atoms with van der Waals surface area (Å²) in [6, 6.07) is 0. The van der Waals surface area contributed by atoms with Crippen LogP contribution >= 0.6 is 11.3 Å². The molecule has 1 aliphatic heterocycles. The van der Waals surface area contributed by atoms with Crippen molar-refractivity contribution in [3.8, 4) is 0 Å². The summed E-state index contributed by atoms with van der Waals surface area (Å²) in [6.45, 7) is 4.81. The number of hydrogen-bond donors (Lipinski definition) is 1. The van der Waals surface area contributed by atoms with Crippen LogP contribution in [0.4, 0.5) is 5.13 Å². The molecule has 0 bridgehead atoms. The monoisotopic (exact) mass is 269 g/mol. The largest absolute Gasteiger partial charge is 0.476 e. The number of carboxylic acid groups (broad SMARTS) is 1. The molecule has 1 aromatic heterocycles. The van der Waals surface area contributed by atoms with Gasteiger partial charge in [-0.05, 0) is 7.05 Å². The Morgan fingerprint density at radius 2 is 1.89 bits per heavy atom. The quantitative estimate of drug-likeness (QED) is 0.818. The van der Waals surface area contributed by atoms with Gasteiger partial charge < -0.3 is 14.9 Å².